The molecule has 1 aliphatic heterocycles. The Balaban J connectivity index is 1.22. The van der Waals surface area contributed by atoms with Gasteiger partial charge >= 0.3 is 12.1 Å². The SMILES string of the molecule is C=CCOc1ccc(Nc2cnc(OCCOCCOCC3CCN(C(=O)O)CC3)nc2)cc1. The summed E-state index contributed by atoms with van der Waals surface area (Å²) in [5, 5.41) is 12.2. The van der Waals surface area contributed by atoms with Crippen molar-refractivity contribution in [3.05, 3.63) is 49.3 Å². The van der Waals surface area contributed by atoms with Gasteiger partial charge in [-0.1, -0.05) is 12.7 Å². The molecule has 10 heteroatoms. The van der Waals surface area contributed by atoms with Crippen LogP contribution >= 0.6 is 0 Å². The van der Waals surface area contributed by atoms with Gasteiger partial charge in [0.1, 0.15) is 19.0 Å². The minimum atomic E-state index is -0.843. The third-order valence-electron chi connectivity index (χ3n) is 5.21. The van der Waals surface area contributed by atoms with Crippen molar-refractivity contribution >= 4 is 17.5 Å². The predicted molar refractivity (Wildman–Crippen MR) is 127 cm³/mol. The minimum Gasteiger partial charge on any atom is -0.490 e. The number of benzene rings is 1. The topological polar surface area (TPSA) is 115 Å². The summed E-state index contributed by atoms with van der Waals surface area (Å²) in [7, 11) is 0. The van der Waals surface area contributed by atoms with Gasteiger partial charge in [0.2, 0.25) is 0 Å². The average Bonchev–Trinajstić information content (AvgIpc) is 2.86. The van der Waals surface area contributed by atoms with E-state index in [2.05, 4.69) is 21.9 Å². The maximum absolute atomic E-state index is 10.9. The Bertz CT molecular complexity index is 870. The zero-order valence-electron chi connectivity index (χ0n) is 19.2. The summed E-state index contributed by atoms with van der Waals surface area (Å²) >= 11 is 0. The van der Waals surface area contributed by atoms with E-state index in [1.54, 1.807) is 18.5 Å². The number of nitrogens with one attached hydrogen (secondary N) is 1. The fraction of sp³-hybridized carbons (Fsp3) is 0.458. The number of hydrogen-bond donors (Lipinski definition) is 2. The minimum absolute atomic E-state index is 0.284. The van der Waals surface area contributed by atoms with Crippen molar-refractivity contribution in [2.24, 2.45) is 5.92 Å². The number of anilines is 2. The van der Waals surface area contributed by atoms with Crippen molar-refractivity contribution in [1.82, 2.24) is 14.9 Å². The van der Waals surface area contributed by atoms with Gasteiger partial charge in [0, 0.05) is 25.4 Å². The Morgan fingerprint density at radius 3 is 2.38 bits per heavy atom. The first kappa shape index (κ1) is 25.3. The molecular weight excluding hydrogens is 440 g/mol. The Labute approximate surface area is 199 Å². The molecule has 0 bridgehead atoms. The second-order valence-electron chi connectivity index (χ2n) is 7.75. The van der Waals surface area contributed by atoms with Crippen LogP contribution in [-0.2, 0) is 9.47 Å². The normalized spacial score (nSPS) is 13.9. The number of carboxylic acid groups (broad SMARTS) is 1. The van der Waals surface area contributed by atoms with Gasteiger partial charge in [-0.15, -0.1) is 0 Å². The molecule has 1 saturated heterocycles. The second-order valence-corrected chi connectivity index (χ2v) is 7.75. The number of rotatable bonds is 14. The van der Waals surface area contributed by atoms with Crippen LogP contribution in [0.4, 0.5) is 16.2 Å². The lowest BCUT2D eigenvalue weighted by Crippen LogP contribution is -2.38. The zero-order chi connectivity index (χ0) is 24.0. The Kier molecular flexibility index (Phi) is 10.4. The summed E-state index contributed by atoms with van der Waals surface area (Å²) in [6, 6.07) is 7.85. The maximum Gasteiger partial charge on any atom is 0.407 e. The fourth-order valence-corrected chi connectivity index (χ4v) is 3.36. The van der Waals surface area contributed by atoms with Crippen molar-refractivity contribution < 1.29 is 28.8 Å². The zero-order valence-corrected chi connectivity index (χ0v) is 19.2. The second kappa shape index (κ2) is 14.0. The Morgan fingerprint density at radius 2 is 1.71 bits per heavy atom. The van der Waals surface area contributed by atoms with E-state index in [4.69, 9.17) is 24.1 Å². The number of carbonyl (C=O) groups is 1. The number of likely N-dealkylation sites (tertiary alicyclic amines) is 1. The van der Waals surface area contributed by atoms with E-state index in [-0.39, 0.29) is 6.01 Å². The molecule has 3 rings (SSSR count). The standard InChI is InChI=1S/C24H32N4O6/c1-2-11-33-22-5-3-20(4-6-22)27-21-16-25-23(26-17-21)34-15-14-31-12-13-32-18-19-7-9-28(10-8-19)24(29)30/h2-6,16-17,19,27H,1,7-15,18H2,(H,29,30). The van der Waals surface area contributed by atoms with Gasteiger partial charge in [-0.05, 0) is 43.0 Å². The fourth-order valence-electron chi connectivity index (χ4n) is 3.36. The average molecular weight is 473 g/mol. The van der Waals surface area contributed by atoms with Crippen molar-refractivity contribution in [3.8, 4) is 11.8 Å². The highest BCUT2D eigenvalue weighted by atomic mass is 16.5. The van der Waals surface area contributed by atoms with Crippen LogP contribution < -0.4 is 14.8 Å². The predicted octanol–water partition coefficient (Wildman–Crippen LogP) is 3.59. The number of amides is 1. The van der Waals surface area contributed by atoms with Crippen LogP contribution in [0.15, 0.2) is 49.3 Å². The van der Waals surface area contributed by atoms with Crippen molar-refractivity contribution in [2.45, 2.75) is 12.8 Å². The first-order chi connectivity index (χ1) is 16.6. The summed E-state index contributed by atoms with van der Waals surface area (Å²) in [5.41, 5.74) is 1.64. The molecule has 184 valence electrons. The van der Waals surface area contributed by atoms with Gasteiger partial charge in [-0.25, -0.2) is 14.8 Å². The van der Waals surface area contributed by atoms with Gasteiger partial charge in [0.25, 0.3) is 0 Å². The molecule has 2 N–H and O–H groups in total. The largest absolute Gasteiger partial charge is 0.490 e. The van der Waals surface area contributed by atoms with E-state index in [0.717, 1.165) is 30.0 Å². The third-order valence-corrected chi connectivity index (χ3v) is 5.21. The highest BCUT2D eigenvalue weighted by Gasteiger charge is 2.22. The highest BCUT2D eigenvalue weighted by Crippen LogP contribution is 2.20. The van der Waals surface area contributed by atoms with E-state index < -0.39 is 6.09 Å². The van der Waals surface area contributed by atoms with Crippen molar-refractivity contribution in [1.29, 1.82) is 0 Å². The van der Waals surface area contributed by atoms with Crippen LogP contribution in [0.5, 0.6) is 11.8 Å². The lowest BCUT2D eigenvalue weighted by molar-refractivity contribution is 0.0149. The van der Waals surface area contributed by atoms with Gasteiger partial charge < -0.3 is 34.3 Å². The van der Waals surface area contributed by atoms with Crippen LogP contribution in [0.2, 0.25) is 0 Å². The van der Waals surface area contributed by atoms with Crippen molar-refractivity contribution in [3.63, 3.8) is 0 Å². The molecule has 2 heterocycles. The quantitative estimate of drug-likeness (QED) is 0.314. The number of hydrogen-bond acceptors (Lipinski definition) is 8. The van der Waals surface area contributed by atoms with E-state index >= 15 is 0 Å². The van der Waals surface area contributed by atoms with E-state index in [9.17, 15) is 4.79 Å². The van der Waals surface area contributed by atoms with Crippen LogP contribution in [0, 0.1) is 5.92 Å². The molecule has 0 radical (unpaired) electrons. The first-order valence-corrected chi connectivity index (χ1v) is 11.3. The Hall–Kier alpha value is -3.37. The van der Waals surface area contributed by atoms with Gasteiger partial charge in [0.15, 0.2) is 0 Å². The van der Waals surface area contributed by atoms with Crippen LogP contribution in [0.1, 0.15) is 12.8 Å². The molecule has 1 amide bonds. The van der Waals surface area contributed by atoms with Crippen molar-refractivity contribution in [2.75, 3.05) is 58.0 Å². The molecule has 34 heavy (non-hydrogen) atoms. The van der Waals surface area contributed by atoms with Crippen LogP contribution in [0.25, 0.3) is 0 Å². The molecule has 0 saturated carbocycles. The number of piperidine rings is 1. The molecule has 1 aliphatic rings. The smallest absolute Gasteiger partial charge is 0.407 e. The lowest BCUT2D eigenvalue weighted by Gasteiger charge is -2.29. The summed E-state index contributed by atoms with van der Waals surface area (Å²) in [6.45, 7) is 7.60. The molecule has 2 aromatic rings. The summed E-state index contributed by atoms with van der Waals surface area (Å²) < 4.78 is 22.1. The lowest BCUT2D eigenvalue weighted by atomic mass is 9.98. The third kappa shape index (κ3) is 8.87. The molecule has 0 unspecified atom stereocenters. The molecule has 1 aromatic carbocycles. The van der Waals surface area contributed by atoms with Gasteiger partial charge in [0.05, 0.1) is 37.9 Å². The first-order valence-electron chi connectivity index (χ1n) is 11.3. The molecule has 1 aromatic heterocycles. The summed E-state index contributed by atoms with van der Waals surface area (Å²) in [4.78, 5) is 20.7. The summed E-state index contributed by atoms with van der Waals surface area (Å²) in [6.07, 6.45) is 5.84. The number of nitrogens with zero attached hydrogens (tertiary/aromatic N) is 3. The highest BCUT2D eigenvalue weighted by molar-refractivity contribution is 5.65. The Morgan fingerprint density at radius 1 is 1.03 bits per heavy atom. The molecule has 10 nitrogen and oxygen atoms in total. The molecule has 0 aliphatic carbocycles. The molecule has 0 atom stereocenters. The molecule has 0 spiro atoms. The van der Waals surface area contributed by atoms with Crippen LogP contribution in [0.3, 0.4) is 0 Å². The number of aromatic nitrogens is 2. The van der Waals surface area contributed by atoms with Gasteiger partial charge in [-0.3, -0.25) is 0 Å². The molecule has 1 fully saturated rings. The van der Waals surface area contributed by atoms with Crippen LogP contribution in [-0.4, -0.2) is 78.8 Å². The number of ether oxygens (including phenoxy) is 4. The monoisotopic (exact) mass is 472 g/mol. The van der Waals surface area contributed by atoms with E-state index in [1.165, 1.54) is 4.90 Å². The van der Waals surface area contributed by atoms with Gasteiger partial charge in [-0.2, -0.15) is 0 Å². The van der Waals surface area contributed by atoms with E-state index in [0.29, 0.717) is 58.6 Å². The molecular formula is C24H32N4O6. The van der Waals surface area contributed by atoms with E-state index in [1.807, 2.05) is 24.3 Å². The summed E-state index contributed by atoms with van der Waals surface area (Å²) in [5.74, 6) is 1.18. The maximum atomic E-state index is 10.9.